The lowest BCUT2D eigenvalue weighted by molar-refractivity contribution is 0.110. The summed E-state index contributed by atoms with van der Waals surface area (Å²) in [5.41, 5.74) is 0.815. The molecule has 0 radical (unpaired) electrons. The van der Waals surface area contributed by atoms with Crippen LogP contribution in [0.25, 0.3) is 0 Å². The Labute approximate surface area is 80.9 Å². The predicted molar refractivity (Wildman–Crippen MR) is 48.3 cm³/mol. The maximum Gasteiger partial charge on any atom is 0.108 e. The zero-order chi connectivity index (χ0) is 9.64. The van der Waals surface area contributed by atoms with E-state index in [4.69, 9.17) is 4.74 Å². The van der Waals surface area contributed by atoms with Gasteiger partial charge in [-0.15, -0.1) is 0 Å². The first-order valence-electron chi connectivity index (χ1n) is 4.33. The number of ether oxygens (including phenoxy) is 1. The number of imidazole rings is 1. The number of aromatic nitrogens is 5. The summed E-state index contributed by atoms with van der Waals surface area (Å²) in [7, 11) is 0. The average molecular weight is 193 g/mol. The molecule has 1 N–H and O–H groups in total. The molecule has 0 amide bonds. The molecule has 6 nitrogen and oxygen atoms in total. The van der Waals surface area contributed by atoms with Crippen LogP contribution < -0.4 is 0 Å². The van der Waals surface area contributed by atoms with Crippen molar-refractivity contribution in [3.8, 4) is 0 Å². The van der Waals surface area contributed by atoms with Gasteiger partial charge in [0.25, 0.3) is 0 Å². The van der Waals surface area contributed by atoms with Crippen LogP contribution in [0.3, 0.4) is 0 Å². The fraction of sp³-hybridized carbons (Fsp3) is 0.375. The summed E-state index contributed by atoms with van der Waals surface area (Å²) in [5, 5.41) is 10.1. The van der Waals surface area contributed by atoms with Crippen molar-refractivity contribution < 1.29 is 4.74 Å². The van der Waals surface area contributed by atoms with E-state index in [0.29, 0.717) is 13.2 Å². The number of hydrogen-bond donors (Lipinski definition) is 1. The number of H-pyrrole nitrogens is 1. The van der Waals surface area contributed by atoms with Crippen molar-refractivity contribution in [2.24, 2.45) is 0 Å². The van der Waals surface area contributed by atoms with Crippen molar-refractivity contribution in [3.05, 3.63) is 30.6 Å². The monoisotopic (exact) mass is 193 g/mol. The van der Waals surface area contributed by atoms with Gasteiger partial charge >= 0.3 is 0 Å². The summed E-state index contributed by atoms with van der Waals surface area (Å²) in [6.45, 7) is 1.94. The van der Waals surface area contributed by atoms with Gasteiger partial charge < -0.3 is 9.30 Å². The lowest BCUT2D eigenvalue weighted by Gasteiger charge is -2.02. The SMILES string of the molecule is c1cn(CCOCc2cn[nH]n2)cn1. The lowest BCUT2D eigenvalue weighted by atomic mass is 10.5. The minimum atomic E-state index is 0.491. The molecule has 0 fully saturated rings. The van der Waals surface area contributed by atoms with Crippen molar-refractivity contribution in [1.82, 2.24) is 25.0 Å². The molecular formula is C8H11N5O. The van der Waals surface area contributed by atoms with Crippen LogP contribution in [0.2, 0.25) is 0 Å². The largest absolute Gasteiger partial charge is 0.373 e. The third-order valence-electron chi connectivity index (χ3n) is 1.77. The molecule has 0 saturated carbocycles. The number of nitrogens with one attached hydrogen (secondary N) is 1. The van der Waals surface area contributed by atoms with Crippen molar-refractivity contribution in [2.75, 3.05) is 6.61 Å². The second kappa shape index (κ2) is 4.52. The van der Waals surface area contributed by atoms with Gasteiger partial charge in [0.2, 0.25) is 0 Å². The highest BCUT2D eigenvalue weighted by Gasteiger charge is 1.95. The fourth-order valence-electron chi connectivity index (χ4n) is 1.06. The summed E-state index contributed by atoms with van der Waals surface area (Å²) in [6.07, 6.45) is 7.06. The molecule has 0 unspecified atom stereocenters. The topological polar surface area (TPSA) is 68.6 Å². The molecular weight excluding hydrogens is 182 g/mol. The minimum absolute atomic E-state index is 0.491. The second-order valence-electron chi connectivity index (χ2n) is 2.81. The Morgan fingerprint density at radius 2 is 2.50 bits per heavy atom. The Morgan fingerprint density at radius 3 is 3.21 bits per heavy atom. The van der Waals surface area contributed by atoms with Gasteiger partial charge in [-0.3, -0.25) is 0 Å². The molecule has 2 rings (SSSR count). The summed E-state index contributed by atoms with van der Waals surface area (Å²) >= 11 is 0. The molecule has 2 heterocycles. The van der Waals surface area contributed by atoms with Crippen LogP contribution in [0, 0.1) is 0 Å². The lowest BCUT2D eigenvalue weighted by Crippen LogP contribution is -2.04. The van der Waals surface area contributed by atoms with E-state index < -0.39 is 0 Å². The summed E-state index contributed by atoms with van der Waals surface area (Å²) in [5.74, 6) is 0. The maximum atomic E-state index is 5.38. The highest BCUT2D eigenvalue weighted by molar-refractivity contribution is 4.86. The van der Waals surface area contributed by atoms with Crippen molar-refractivity contribution in [3.63, 3.8) is 0 Å². The fourth-order valence-corrected chi connectivity index (χ4v) is 1.06. The van der Waals surface area contributed by atoms with Crippen molar-refractivity contribution >= 4 is 0 Å². The number of nitrogens with zero attached hydrogens (tertiary/aromatic N) is 4. The van der Waals surface area contributed by atoms with Gasteiger partial charge in [-0.1, -0.05) is 0 Å². The van der Waals surface area contributed by atoms with Crippen LogP contribution >= 0.6 is 0 Å². The van der Waals surface area contributed by atoms with Gasteiger partial charge in [0, 0.05) is 18.9 Å². The van der Waals surface area contributed by atoms with E-state index in [-0.39, 0.29) is 0 Å². The van der Waals surface area contributed by atoms with E-state index in [1.54, 1.807) is 18.7 Å². The Hall–Kier alpha value is -1.69. The highest BCUT2D eigenvalue weighted by Crippen LogP contribution is 1.93. The zero-order valence-electron chi connectivity index (χ0n) is 7.63. The smallest absolute Gasteiger partial charge is 0.108 e. The van der Waals surface area contributed by atoms with E-state index in [1.807, 2.05) is 10.8 Å². The van der Waals surface area contributed by atoms with Crippen LogP contribution in [-0.4, -0.2) is 31.6 Å². The minimum Gasteiger partial charge on any atom is -0.373 e. The number of aromatic amines is 1. The third-order valence-corrected chi connectivity index (χ3v) is 1.77. The highest BCUT2D eigenvalue weighted by atomic mass is 16.5. The van der Waals surface area contributed by atoms with Gasteiger partial charge in [-0.25, -0.2) is 4.98 Å². The summed E-state index contributed by atoms with van der Waals surface area (Å²) in [6, 6.07) is 0. The Balaban J connectivity index is 1.65. The Kier molecular flexibility index (Phi) is 2.87. The molecule has 2 aromatic rings. The van der Waals surface area contributed by atoms with E-state index >= 15 is 0 Å². The molecule has 0 spiro atoms. The molecule has 0 aliphatic carbocycles. The van der Waals surface area contributed by atoms with Crippen molar-refractivity contribution in [2.45, 2.75) is 13.2 Å². The second-order valence-corrected chi connectivity index (χ2v) is 2.81. The van der Waals surface area contributed by atoms with Gasteiger partial charge in [-0.05, 0) is 0 Å². The van der Waals surface area contributed by atoms with Gasteiger partial charge in [0.05, 0.1) is 25.7 Å². The average Bonchev–Trinajstić information content (AvgIpc) is 2.86. The van der Waals surface area contributed by atoms with Crippen LogP contribution in [0.4, 0.5) is 0 Å². The first-order chi connectivity index (χ1) is 6.95. The van der Waals surface area contributed by atoms with Gasteiger partial charge in [-0.2, -0.15) is 15.4 Å². The molecule has 6 heteroatoms. The predicted octanol–water partition coefficient (Wildman–Crippen LogP) is 0.218. The molecule has 0 aliphatic rings. The first-order valence-corrected chi connectivity index (χ1v) is 4.33. The van der Waals surface area contributed by atoms with E-state index in [9.17, 15) is 0 Å². The molecule has 0 aliphatic heterocycles. The molecule has 0 aromatic carbocycles. The Morgan fingerprint density at radius 1 is 1.50 bits per heavy atom. The van der Waals surface area contributed by atoms with E-state index in [1.165, 1.54) is 0 Å². The van der Waals surface area contributed by atoms with Crippen molar-refractivity contribution in [1.29, 1.82) is 0 Å². The number of hydrogen-bond acceptors (Lipinski definition) is 4. The normalized spacial score (nSPS) is 10.6. The zero-order valence-corrected chi connectivity index (χ0v) is 7.63. The summed E-state index contributed by atoms with van der Waals surface area (Å²) in [4.78, 5) is 3.93. The molecule has 74 valence electrons. The first kappa shape index (κ1) is 8.89. The van der Waals surface area contributed by atoms with Gasteiger partial charge in [0.15, 0.2) is 0 Å². The summed E-state index contributed by atoms with van der Waals surface area (Å²) < 4.78 is 7.34. The van der Waals surface area contributed by atoms with Crippen LogP contribution in [0.1, 0.15) is 5.69 Å². The Bertz CT molecular complexity index is 305. The molecule has 0 atom stereocenters. The van der Waals surface area contributed by atoms with Crippen LogP contribution in [-0.2, 0) is 17.9 Å². The van der Waals surface area contributed by atoms with E-state index in [2.05, 4.69) is 20.4 Å². The van der Waals surface area contributed by atoms with E-state index in [0.717, 1.165) is 12.2 Å². The standard InChI is InChI=1S/C8H11N5O/c1-2-13(7-9-1)3-4-14-6-8-5-10-12-11-8/h1-2,5,7H,3-4,6H2,(H,10,11,12). The maximum absolute atomic E-state index is 5.38. The molecule has 0 bridgehead atoms. The third kappa shape index (κ3) is 2.40. The molecule has 2 aromatic heterocycles. The molecule has 14 heavy (non-hydrogen) atoms. The van der Waals surface area contributed by atoms with Crippen LogP contribution in [0.5, 0.6) is 0 Å². The van der Waals surface area contributed by atoms with Gasteiger partial charge in [0.1, 0.15) is 5.69 Å². The van der Waals surface area contributed by atoms with Crippen LogP contribution in [0.15, 0.2) is 24.9 Å². The quantitative estimate of drug-likeness (QED) is 0.689. The number of rotatable bonds is 5. The molecule has 0 saturated heterocycles.